The van der Waals surface area contributed by atoms with Crippen LogP contribution in [0, 0.1) is 11.8 Å². The second-order valence-electron chi connectivity index (χ2n) is 5.53. The molecule has 3 unspecified atom stereocenters. The van der Waals surface area contributed by atoms with Gasteiger partial charge in [-0.25, -0.2) is 13.1 Å². The molecule has 2 aliphatic rings. The molecule has 2 rings (SSSR count). The largest absolute Gasteiger partial charge is 0.315 e. The molecular weight excluding hydrogens is 236 g/mol. The van der Waals surface area contributed by atoms with Gasteiger partial charge in [0.2, 0.25) is 10.0 Å². The molecular formula is C12H24N2O2S. The molecule has 0 aromatic carbocycles. The Kier molecular flexibility index (Phi) is 4.44. The highest BCUT2D eigenvalue weighted by molar-refractivity contribution is 7.90. The van der Waals surface area contributed by atoms with Crippen molar-refractivity contribution in [2.75, 3.05) is 19.6 Å². The molecule has 4 nitrogen and oxygen atoms in total. The predicted octanol–water partition coefficient (Wildman–Crippen LogP) is 1.09. The Hall–Kier alpha value is -0.130. The van der Waals surface area contributed by atoms with Crippen LogP contribution in [0.1, 0.15) is 39.0 Å². The van der Waals surface area contributed by atoms with Crippen molar-refractivity contribution in [1.82, 2.24) is 10.0 Å². The lowest BCUT2D eigenvalue weighted by Gasteiger charge is -2.29. The van der Waals surface area contributed by atoms with Gasteiger partial charge in [-0.1, -0.05) is 26.2 Å². The van der Waals surface area contributed by atoms with Gasteiger partial charge in [-0.05, 0) is 31.2 Å². The summed E-state index contributed by atoms with van der Waals surface area (Å²) in [6, 6.07) is 0. The second kappa shape index (κ2) is 5.67. The van der Waals surface area contributed by atoms with Gasteiger partial charge in [0.25, 0.3) is 0 Å². The molecule has 0 amide bonds. The molecule has 100 valence electrons. The Balaban J connectivity index is 1.84. The van der Waals surface area contributed by atoms with Gasteiger partial charge < -0.3 is 5.32 Å². The topological polar surface area (TPSA) is 58.2 Å². The van der Waals surface area contributed by atoms with E-state index in [0.29, 0.717) is 24.9 Å². The summed E-state index contributed by atoms with van der Waals surface area (Å²) in [6.07, 6.45) is 5.72. The van der Waals surface area contributed by atoms with Gasteiger partial charge in [0.1, 0.15) is 0 Å². The molecule has 1 aliphatic carbocycles. The lowest BCUT2D eigenvalue weighted by molar-refractivity contribution is 0.257. The molecule has 5 heteroatoms. The number of rotatable bonds is 4. The molecule has 0 radical (unpaired) electrons. The Morgan fingerprint density at radius 2 is 2.00 bits per heavy atom. The molecule has 1 saturated carbocycles. The minimum atomic E-state index is -3.10. The number of hydrogen-bond donors (Lipinski definition) is 2. The van der Waals surface area contributed by atoms with Crippen molar-refractivity contribution in [2.45, 2.75) is 44.3 Å². The first-order chi connectivity index (χ1) is 8.09. The number of nitrogens with one attached hydrogen (secondary N) is 2. The fourth-order valence-electron chi connectivity index (χ4n) is 2.93. The average Bonchev–Trinajstić information content (AvgIpc) is 2.82. The molecule has 0 bridgehead atoms. The maximum atomic E-state index is 12.0. The fraction of sp³-hybridized carbons (Fsp3) is 1.00. The maximum Gasteiger partial charge on any atom is 0.215 e. The summed E-state index contributed by atoms with van der Waals surface area (Å²) < 4.78 is 26.9. The van der Waals surface area contributed by atoms with Gasteiger partial charge >= 0.3 is 0 Å². The molecule has 0 aromatic rings. The lowest BCUT2D eigenvalue weighted by Crippen LogP contribution is -2.39. The standard InChI is InChI=1S/C12H24N2O2S/c1-10-4-2-3-5-11(10)8-14-17(15,16)12-6-7-13-9-12/h10-14H,2-9H2,1H3. The van der Waals surface area contributed by atoms with Crippen LogP contribution in [0.2, 0.25) is 0 Å². The molecule has 3 atom stereocenters. The van der Waals surface area contributed by atoms with Crippen LogP contribution in [0.5, 0.6) is 0 Å². The Morgan fingerprint density at radius 3 is 2.65 bits per heavy atom. The second-order valence-corrected chi connectivity index (χ2v) is 7.58. The van der Waals surface area contributed by atoms with E-state index in [1.54, 1.807) is 0 Å². The average molecular weight is 260 g/mol. The minimum Gasteiger partial charge on any atom is -0.315 e. The van der Waals surface area contributed by atoms with Crippen LogP contribution in [0.15, 0.2) is 0 Å². The minimum absolute atomic E-state index is 0.221. The van der Waals surface area contributed by atoms with Crippen molar-refractivity contribution in [3.8, 4) is 0 Å². The summed E-state index contributed by atoms with van der Waals surface area (Å²) in [5.41, 5.74) is 0. The van der Waals surface area contributed by atoms with Gasteiger partial charge in [0, 0.05) is 13.1 Å². The van der Waals surface area contributed by atoms with Crippen molar-refractivity contribution >= 4 is 10.0 Å². The zero-order valence-electron chi connectivity index (χ0n) is 10.6. The summed E-state index contributed by atoms with van der Waals surface area (Å²) in [5.74, 6) is 1.20. The molecule has 2 N–H and O–H groups in total. The molecule has 1 heterocycles. The van der Waals surface area contributed by atoms with Crippen molar-refractivity contribution in [3.05, 3.63) is 0 Å². The molecule has 2 fully saturated rings. The molecule has 0 spiro atoms. The van der Waals surface area contributed by atoms with E-state index in [2.05, 4.69) is 17.0 Å². The third-order valence-electron chi connectivity index (χ3n) is 4.29. The van der Waals surface area contributed by atoms with E-state index in [1.807, 2.05) is 0 Å². The van der Waals surface area contributed by atoms with Crippen molar-refractivity contribution in [1.29, 1.82) is 0 Å². The van der Waals surface area contributed by atoms with E-state index in [-0.39, 0.29) is 5.25 Å². The number of sulfonamides is 1. The van der Waals surface area contributed by atoms with E-state index < -0.39 is 10.0 Å². The molecule has 17 heavy (non-hydrogen) atoms. The van der Waals surface area contributed by atoms with Gasteiger partial charge in [-0.15, -0.1) is 0 Å². The zero-order chi connectivity index (χ0) is 12.3. The normalized spacial score (nSPS) is 35.0. The van der Waals surface area contributed by atoms with E-state index in [9.17, 15) is 8.42 Å². The quantitative estimate of drug-likeness (QED) is 0.795. The Morgan fingerprint density at radius 1 is 1.24 bits per heavy atom. The summed E-state index contributed by atoms with van der Waals surface area (Å²) in [6.45, 7) is 4.32. The van der Waals surface area contributed by atoms with E-state index in [4.69, 9.17) is 0 Å². The van der Waals surface area contributed by atoms with Crippen molar-refractivity contribution in [2.24, 2.45) is 11.8 Å². The summed E-state index contributed by atoms with van der Waals surface area (Å²) in [4.78, 5) is 0. The first-order valence-electron chi connectivity index (χ1n) is 6.79. The number of hydrogen-bond acceptors (Lipinski definition) is 3. The molecule has 1 saturated heterocycles. The van der Waals surface area contributed by atoms with Crippen LogP contribution >= 0.6 is 0 Å². The van der Waals surface area contributed by atoms with E-state index >= 15 is 0 Å². The smallest absolute Gasteiger partial charge is 0.215 e. The lowest BCUT2D eigenvalue weighted by atomic mass is 9.81. The van der Waals surface area contributed by atoms with E-state index in [1.165, 1.54) is 25.7 Å². The van der Waals surface area contributed by atoms with Crippen LogP contribution in [-0.2, 0) is 10.0 Å². The van der Waals surface area contributed by atoms with Gasteiger partial charge in [-0.2, -0.15) is 0 Å². The third-order valence-corrected chi connectivity index (χ3v) is 6.14. The predicted molar refractivity (Wildman–Crippen MR) is 69.3 cm³/mol. The first-order valence-corrected chi connectivity index (χ1v) is 8.33. The first kappa shape index (κ1) is 13.3. The zero-order valence-corrected chi connectivity index (χ0v) is 11.4. The van der Waals surface area contributed by atoms with Gasteiger partial charge in [0.05, 0.1) is 5.25 Å². The summed E-state index contributed by atoms with van der Waals surface area (Å²) in [5, 5.41) is 2.89. The third kappa shape index (κ3) is 3.42. The van der Waals surface area contributed by atoms with E-state index in [0.717, 1.165) is 13.0 Å². The van der Waals surface area contributed by atoms with Crippen molar-refractivity contribution in [3.63, 3.8) is 0 Å². The SMILES string of the molecule is CC1CCCCC1CNS(=O)(=O)C1CCNC1. The Labute approximate surface area is 105 Å². The van der Waals surface area contributed by atoms with Crippen molar-refractivity contribution < 1.29 is 8.42 Å². The van der Waals surface area contributed by atoms with Gasteiger partial charge in [0.15, 0.2) is 0 Å². The monoisotopic (exact) mass is 260 g/mol. The maximum absolute atomic E-state index is 12.0. The van der Waals surface area contributed by atoms with Crippen LogP contribution in [-0.4, -0.2) is 33.3 Å². The van der Waals surface area contributed by atoms with Crippen LogP contribution in [0.4, 0.5) is 0 Å². The molecule has 0 aromatic heterocycles. The summed E-state index contributed by atoms with van der Waals surface area (Å²) in [7, 11) is -3.10. The molecule has 1 aliphatic heterocycles. The Bertz CT molecular complexity index is 336. The van der Waals surface area contributed by atoms with Gasteiger partial charge in [-0.3, -0.25) is 0 Å². The van der Waals surface area contributed by atoms with Crippen LogP contribution < -0.4 is 10.0 Å². The van der Waals surface area contributed by atoms with Crippen LogP contribution in [0.25, 0.3) is 0 Å². The highest BCUT2D eigenvalue weighted by Gasteiger charge is 2.30. The highest BCUT2D eigenvalue weighted by Crippen LogP contribution is 2.29. The fourth-order valence-corrected chi connectivity index (χ4v) is 4.38. The van der Waals surface area contributed by atoms with Crippen LogP contribution in [0.3, 0.4) is 0 Å². The summed E-state index contributed by atoms with van der Waals surface area (Å²) >= 11 is 0. The highest BCUT2D eigenvalue weighted by atomic mass is 32.2.